The van der Waals surface area contributed by atoms with Crippen LogP contribution in [0.15, 0.2) is 42.5 Å². The molecule has 0 aromatic heterocycles. The Morgan fingerprint density at radius 2 is 1.78 bits per heavy atom. The maximum atomic E-state index is 13.5. The van der Waals surface area contributed by atoms with Gasteiger partial charge in [-0.2, -0.15) is 0 Å². The molecule has 0 saturated heterocycles. The van der Waals surface area contributed by atoms with Crippen LogP contribution in [0.25, 0.3) is 0 Å². The van der Waals surface area contributed by atoms with Gasteiger partial charge in [0.25, 0.3) is 0 Å². The predicted octanol–water partition coefficient (Wildman–Crippen LogP) is 3.26. The third kappa shape index (κ3) is 4.26. The molecule has 0 fully saturated rings. The minimum absolute atomic E-state index is 0.0903. The van der Waals surface area contributed by atoms with Crippen molar-refractivity contribution in [3.8, 4) is 5.75 Å². The Hall–Kier alpha value is -2.47. The number of para-hydroxylation sites is 2. The van der Waals surface area contributed by atoms with E-state index in [1.54, 1.807) is 7.11 Å². The van der Waals surface area contributed by atoms with Gasteiger partial charge in [-0.05, 0) is 25.1 Å². The molecule has 122 valence electrons. The highest BCUT2D eigenvalue weighted by Crippen LogP contribution is 2.24. The lowest BCUT2D eigenvalue weighted by molar-refractivity contribution is -0.115. The van der Waals surface area contributed by atoms with Crippen molar-refractivity contribution in [3.05, 3.63) is 59.7 Å². The monoisotopic (exact) mass is 320 g/mol. The molecule has 2 aromatic rings. The molecule has 0 radical (unpaired) electrons. The van der Waals surface area contributed by atoms with E-state index in [4.69, 9.17) is 4.74 Å². The highest BCUT2D eigenvalue weighted by molar-refractivity contribution is 5.92. The second-order valence-electron chi connectivity index (χ2n) is 4.99. The van der Waals surface area contributed by atoms with E-state index in [-0.39, 0.29) is 12.6 Å². The summed E-state index contributed by atoms with van der Waals surface area (Å²) in [7, 11) is 1.57. The van der Waals surface area contributed by atoms with Gasteiger partial charge in [0.05, 0.1) is 13.7 Å². The summed E-state index contributed by atoms with van der Waals surface area (Å²) < 4.78 is 32.2. The molecule has 2 aromatic carbocycles. The summed E-state index contributed by atoms with van der Waals surface area (Å²) in [5, 5.41) is 5.23. The fraction of sp³-hybridized carbons (Fsp3) is 0.235. The van der Waals surface area contributed by atoms with Crippen LogP contribution >= 0.6 is 0 Å². The number of halogens is 2. The van der Waals surface area contributed by atoms with Crippen molar-refractivity contribution in [1.82, 2.24) is 5.32 Å². The SMILES string of the molecule is COc1ccccc1[C@H](C)NCC(=O)Nc1c(F)cccc1F. The van der Waals surface area contributed by atoms with Crippen molar-refractivity contribution < 1.29 is 18.3 Å². The first kappa shape index (κ1) is 16.9. The first-order valence-corrected chi connectivity index (χ1v) is 7.13. The third-order valence-corrected chi connectivity index (χ3v) is 3.40. The van der Waals surface area contributed by atoms with E-state index in [0.717, 1.165) is 17.7 Å². The summed E-state index contributed by atoms with van der Waals surface area (Å²) in [6, 6.07) is 10.7. The van der Waals surface area contributed by atoms with Gasteiger partial charge in [-0.25, -0.2) is 8.78 Å². The minimum Gasteiger partial charge on any atom is -0.496 e. The number of hydrogen-bond acceptors (Lipinski definition) is 3. The zero-order valence-electron chi connectivity index (χ0n) is 12.9. The summed E-state index contributed by atoms with van der Waals surface area (Å²) in [6.45, 7) is 1.78. The second kappa shape index (κ2) is 7.69. The van der Waals surface area contributed by atoms with E-state index >= 15 is 0 Å². The van der Waals surface area contributed by atoms with Gasteiger partial charge < -0.3 is 15.4 Å². The van der Waals surface area contributed by atoms with Crippen molar-refractivity contribution in [1.29, 1.82) is 0 Å². The van der Waals surface area contributed by atoms with Crippen molar-refractivity contribution >= 4 is 11.6 Å². The van der Waals surface area contributed by atoms with E-state index in [0.29, 0.717) is 5.75 Å². The number of ether oxygens (including phenoxy) is 1. The zero-order valence-corrected chi connectivity index (χ0v) is 12.9. The van der Waals surface area contributed by atoms with Gasteiger partial charge in [0.1, 0.15) is 23.1 Å². The van der Waals surface area contributed by atoms with Crippen molar-refractivity contribution in [2.45, 2.75) is 13.0 Å². The molecule has 0 aliphatic heterocycles. The average molecular weight is 320 g/mol. The van der Waals surface area contributed by atoms with E-state index in [1.165, 1.54) is 6.07 Å². The van der Waals surface area contributed by atoms with Crippen LogP contribution in [0.1, 0.15) is 18.5 Å². The molecule has 1 atom stereocenters. The molecule has 0 unspecified atom stereocenters. The Balaban J connectivity index is 1.96. The van der Waals surface area contributed by atoms with Crippen LogP contribution in [0.4, 0.5) is 14.5 Å². The van der Waals surface area contributed by atoms with Crippen molar-refractivity contribution in [3.63, 3.8) is 0 Å². The van der Waals surface area contributed by atoms with E-state index in [1.807, 2.05) is 31.2 Å². The topological polar surface area (TPSA) is 50.4 Å². The Kier molecular flexibility index (Phi) is 5.65. The Morgan fingerprint density at radius 1 is 1.13 bits per heavy atom. The number of carbonyl (C=O) groups is 1. The van der Waals surface area contributed by atoms with Gasteiger partial charge in [0.15, 0.2) is 0 Å². The van der Waals surface area contributed by atoms with Crippen molar-refractivity contribution in [2.75, 3.05) is 19.0 Å². The maximum absolute atomic E-state index is 13.5. The van der Waals surface area contributed by atoms with Crippen LogP contribution in [0.2, 0.25) is 0 Å². The Labute approximate surface area is 133 Å². The quantitative estimate of drug-likeness (QED) is 0.859. The highest BCUT2D eigenvalue weighted by Gasteiger charge is 2.14. The number of anilines is 1. The molecule has 2 rings (SSSR count). The summed E-state index contributed by atoms with van der Waals surface area (Å²) in [4.78, 5) is 11.9. The summed E-state index contributed by atoms with van der Waals surface area (Å²) in [6.07, 6.45) is 0. The molecule has 1 amide bonds. The van der Waals surface area contributed by atoms with Crippen LogP contribution < -0.4 is 15.4 Å². The fourth-order valence-corrected chi connectivity index (χ4v) is 2.18. The van der Waals surface area contributed by atoms with E-state index < -0.39 is 23.2 Å². The van der Waals surface area contributed by atoms with Crippen LogP contribution in [-0.2, 0) is 4.79 Å². The van der Waals surface area contributed by atoms with E-state index in [2.05, 4.69) is 10.6 Å². The minimum atomic E-state index is -0.809. The molecule has 0 heterocycles. The van der Waals surface area contributed by atoms with Gasteiger partial charge in [-0.3, -0.25) is 4.79 Å². The number of hydrogen-bond donors (Lipinski definition) is 2. The number of amides is 1. The molecule has 23 heavy (non-hydrogen) atoms. The van der Waals surface area contributed by atoms with Crippen LogP contribution in [0.5, 0.6) is 5.75 Å². The Morgan fingerprint density at radius 3 is 2.43 bits per heavy atom. The summed E-state index contributed by atoms with van der Waals surface area (Å²) in [5.74, 6) is -1.45. The summed E-state index contributed by atoms with van der Waals surface area (Å²) >= 11 is 0. The standard InChI is InChI=1S/C17H18F2N2O2/c1-11(12-6-3-4-9-15(12)23-2)20-10-16(22)21-17-13(18)7-5-8-14(17)19/h3-9,11,20H,10H2,1-2H3,(H,21,22)/t11-/m0/s1. The molecule has 0 spiro atoms. The maximum Gasteiger partial charge on any atom is 0.238 e. The van der Waals surface area contributed by atoms with Crippen molar-refractivity contribution in [2.24, 2.45) is 0 Å². The van der Waals surface area contributed by atoms with Crippen LogP contribution in [0, 0.1) is 11.6 Å². The van der Waals surface area contributed by atoms with Gasteiger partial charge in [-0.1, -0.05) is 24.3 Å². The molecular formula is C17H18F2N2O2. The molecule has 4 nitrogen and oxygen atoms in total. The first-order chi connectivity index (χ1) is 11.0. The molecular weight excluding hydrogens is 302 g/mol. The number of rotatable bonds is 6. The summed E-state index contributed by atoms with van der Waals surface area (Å²) in [5.41, 5.74) is 0.448. The molecule has 0 aliphatic carbocycles. The van der Waals surface area contributed by atoms with Crippen LogP contribution in [0.3, 0.4) is 0 Å². The number of benzene rings is 2. The lowest BCUT2D eigenvalue weighted by Gasteiger charge is -2.17. The smallest absolute Gasteiger partial charge is 0.238 e. The van der Waals surface area contributed by atoms with Crippen LogP contribution in [-0.4, -0.2) is 19.6 Å². The second-order valence-corrected chi connectivity index (χ2v) is 4.99. The lowest BCUT2D eigenvalue weighted by atomic mass is 10.1. The largest absolute Gasteiger partial charge is 0.496 e. The van der Waals surface area contributed by atoms with E-state index in [9.17, 15) is 13.6 Å². The molecule has 6 heteroatoms. The zero-order chi connectivity index (χ0) is 16.8. The molecule has 0 bridgehead atoms. The predicted molar refractivity (Wildman–Crippen MR) is 84.4 cm³/mol. The Bertz CT molecular complexity index is 672. The lowest BCUT2D eigenvalue weighted by Crippen LogP contribution is -2.30. The molecule has 2 N–H and O–H groups in total. The van der Waals surface area contributed by atoms with Gasteiger partial charge in [0, 0.05) is 11.6 Å². The number of nitrogens with one attached hydrogen (secondary N) is 2. The first-order valence-electron chi connectivity index (χ1n) is 7.13. The molecule has 0 aliphatic rings. The number of carbonyl (C=O) groups excluding carboxylic acids is 1. The third-order valence-electron chi connectivity index (χ3n) is 3.40. The molecule has 0 saturated carbocycles. The normalized spacial score (nSPS) is 11.8. The van der Waals surface area contributed by atoms with Gasteiger partial charge >= 0.3 is 0 Å². The number of methoxy groups -OCH3 is 1. The fourth-order valence-electron chi connectivity index (χ4n) is 2.18. The van der Waals surface area contributed by atoms with Gasteiger partial charge in [0.2, 0.25) is 5.91 Å². The highest BCUT2D eigenvalue weighted by atomic mass is 19.1. The average Bonchev–Trinajstić information content (AvgIpc) is 2.56. The van der Waals surface area contributed by atoms with Gasteiger partial charge in [-0.15, -0.1) is 0 Å².